The first kappa shape index (κ1) is 17.3. The maximum absolute atomic E-state index is 10.9. The third-order valence-corrected chi connectivity index (χ3v) is 4.50. The van der Waals surface area contributed by atoms with Gasteiger partial charge in [-0.15, -0.1) is 0 Å². The maximum atomic E-state index is 10.9. The summed E-state index contributed by atoms with van der Waals surface area (Å²) in [5.41, 5.74) is 3.50. The zero-order chi connectivity index (χ0) is 15.3. The van der Waals surface area contributed by atoms with E-state index in [2.05, 4.69) is 19.1 Å². The Morgan fingerprint density at radius 1 is 1.15 bits per heavy atom. The van der Waals surface area contributed by atoms with Crippen LogP contribution >= 0.6 is 10.7 Å². The normalized spacial score (nSPS) is 13.2. The van der Waals surface area contributed by atoms with Gasteiger partial charge in [0.25, 0.3) is 0 Å². The molecule has 0 saturated carbocycles. The highest BCUT2D eigenvalue weighted by molar-refractivity contribution is 8.13. The van der Waals surface area contributed by atoms with Crippen molar-refractivity contribution in [3.63, 3.8) is 0 Å². The smallest absolute Gasteiger partial charge is 0.232 e. The Balaban J connectivity index is 2.45. The molecule has 0 fully saturated rings. The fraction of sp³-hybridized carbons (Fsp3) is 0.600. The van der Waals surface area contributed by atoms with Crippen LogP contribution in [-0.2, 0) is 9.05 Å². The van der Waals surface area contributed by atoms with Gasteiger partial charge in [0, 0.05) is 10.7 Å². The standard InChI is InChI=1S/C15H23ClO3S/c1-11(6-8-20(16,17)18)5-7-19-15-13(3)9-12(2)10-14(15)4/h9-11H,5-8H2,1-4H3. The van der Waals surface area contributed by atoms with Crippen LogP contribution < -0.4 is 4.74 Å². The van der Waals surface area contributed by atoms with Gasteiger partial charge in [-0.25, -0.2) is 8.42 Å². The van der Waals surface area contributed by atoms with Crippen LogP contribution in [0.2, 0.25) is 0 Å². The average Bonchev–Trinajstić information content (AvgIpc) is 2.29. The molecule has 0 heterocycles. The zero-order valence-corrected chi connectivity index (χ0v) is 14.1. The van der Waals surface area contributed by atoms with E-state index >= 15 is 0 Å². The van der Waals surface area contributed by atoms with E-state index < -0.39 is 9.05 Å². The first-order valence-electron chi connectivity index (χ1n) is 6.82. The van der Waals surface area contributed by atoms with E-state index in [-0.39, 0.29) is 11.7 Å². The summed E-state index contributed by atoms with van der Waals surface area (Å²) in [5, 5.41) is 0. The molecule has 1 aromatic carbocycles. The van der Waals surface area contributed by atoms with Gasteiger partial charge in [0.05, 0.1) is 12.4 Å². The van der Waals surface area contributed by atoms with Crippen molar-refractivity contribution in [2.45, 2.75) is 40.5 Å². The minimum absolute atomic E-state index is 0.0261. The molecule has 0 spiro atoms. The summed E-state index contributed by atoms with van der Waals surface area (Å²) in [4.78, 5) is 0. The third kappa shape index (κ3) is 6.14. The van der Waals surface area contributed by atoms with Crippen molar-refractivity contribution in [1.29, 1.82) is 0 Å². The lowest BCUT2D eigenvalue weighted by Gasteiger charge is -2.15. The topological polar surface area (TPSA) is 43.4 Å². The van der Waals surface area contributed by atoms with Crippen LogP contribution in [-0.4, -0.2) is 20.8 Å². The predicted octanol–water partition coefficient (Wildman–Crippen LogP) is 3.98. The number of aryl methyl sites for hydroxylation is 3. The Morgan fingerprint density at radius 3 is 2.20 bits per heavy atom. The van der Waals surface area contributed by atoms with Crippen molar-refractivity contribution in [2.75, 3.05) is 12.4 Å². The molecule has 5 heteroatoms. The van der Waals surface area contributed by atoms with Crippen molar-refractivity contribution in [3.05, 3.63) is 28.8 Å². The van der Waals surface area contributed by atoms with Gasteiger partial charge in [-0.1, -0.05) is 24.6 Å². The molecule has 3 nitrogen and oxygen atoms in total. The van der Waals surface area contributed by atoms with Gasteiger partial charge < -0.3 is 4.74 Å². The van der Waals surface area contributed by atoms with Crippen LogP contribution in [0.4, 0.5) is 0 Å². The fourth-order valence-corrected chi connectivity index (χ4v) is 3.19. The lowest BCUT2D eigenvalue weighted by Crippen LogP contribution is -2.09. The molecule has 1 unspecified atom stereocenters. The summed E-state index contributed by atoms with van der Waals surface area (Å²) in [6, 6.07) is 4.21. The monoisotopic (exact) mass is 318 g/mol. The molecule has 20 heavy (non-hydrogen) atoms. The fourth-order valence-electron chi connectivity index (χ4n) is 2.24. The van der Waals surface area contributed by atoms with Crippen molar-refractivity contribution >= 4 is 19.7 Å². The molecule has 0 amide bonds. The SMILES string of the molecule is Cc1cc(C)c(OCCC(C)CCS(=O)(=O)Cl)c(C)c1. The summed E-state index contributed by atoms with van der Waals surface area (Å²) < 4.78 is 27.6. The summed E-state index contributed by atoms with van der Waals surface area (Å²) >= 11 is 0. The second-order valence-electron chi connectivity index (χ2n) is 5.50. The number of halogens is 1. The Hall–Kier alpha value is -0.740. The Labute approximate surface area is 126 Å². The van der Waals surface area contributed by atoms with Crippen LogP contribution in [0.15, 0.2) is 12.1 Å². The molecular formula is C15H23ClO3S. The van der Waals surface area contributed by atoms with E-state index in [1.807, 2.05) is 20.8 Å². The van der Waals surface area contributed by atoms with Crippen LogP contribution in [0.1, 0.15) is 36.5 Å². The minimum Gasteiger partial charge on any atom is -0.493 e. The van der Waals surface area contributed by atoms with E-state index in [1.165, 1.54) is 5.56 Å². The van der Waals surface area contributed by atoms with Crippen LogP contribution in [0, 0.1) is 26.7 Å². The molecule has 0 aromatic heterocycles. The van der Waals surface area contributed by atoms with Gasteiger partial charge in [-0.2, -0.15) is 0 Å². The van der Waals surface area contributed by atoms with E-state index in [1.54, 1.807) is 0 Å². The van der Waals surface area contributed by atoms with Crippen LogP contribution in [0.3, 0.4) is 0 Å². The summed E-state index contributed by atoms with van der Waals surface area (Å²) in [6.45, 7) is 8.75. The summed E-state index contributed by atoms with van der Waals surface area (Å²) in [7, 11) is 1.82. The van der Waals surface area contributed by atoms with Gasteiger partial charge in [-0.3, -0.25) is 0 Å². The largest absolute Gasteiger partial charge is 0.493 e. The van der Waals surface area contributed by atoms with Gasteiger partial charge in [0.15, 0.2) is 0 Å². The highest BCUT2D eigenvalue weighted by atomic mass is 35.7. The molecular weight excluding hydrogens is 296 g/mol. The number of rotatable bonds is 7. The summed E-state index contributed by atoms with van der Waals surface area (Å²) in [5.74, 6) is 1.24. The molecule has 0 aliphatic carbocycles. The van der Waals surface area contributed by atoms with Gasteiger partial charge in [0.2, 0.25) is 9.05 Å². The Kier molecular flexibility index (Phi) is 6.34. The third-order valence-electron chi connectivity index (χ3n) is 3.32. The second kappa shape index (κ2) is 7.32. The quantitative estimate of drug-likeness (QED) is 0.714. The van der Waals surface area contributed by atoms with Crippen LogP contribution in [0.25, 0.3) is 0 Å². The minimum atomic E-state index is -3.38. The molecule has 0 aliphatic rings. The highest BCUT2D eigenvalue weighted by Gasteiger charge is 2.11. The number of ether oxygens (including phenoxy) is 1. The molecule has 1 atom stereocenters. The molecule has 0 saturated heterocycles. The lowest BCUT2D eigenvalue weighted by molar-refractivity contribution is 0.278. The van der Waals surface area contributed by atoms with Crippen molar-refractivity contribution in [1.82, 2.24) is 0 Å². The number of hydrogen-bond acceptors (Lipinski definition) is 3. The van der Waals surface area contributed by atoms with E-state index in [0.717, 1.165) is 23.3 Å². The molecule has 0 bridgehead atoms. The molecule has 0 radical (unpaired) electrons. The van der Waals surface area contributed by atoms with Gasteiger partial charge >= 0.3 is 0 Å². The van der Waals surface area contributed by atoms with Crippen molar-refractivity contribution < 1.29 is 13.2 Å². The van der Waals surface area contributed by atoms with E-state index in [0.29, 0.717) is 13.0 Å². The van der Waals surface area contributed by atoms with Gasteiger partial charge in [-0.05, 0) is 50.7 Å². The average molecular weight is 319 g/mol. The maximum Gasteiger partial charge on any atom is 0.232 e. The first-order valence-corrected chi connectivity index (χ1v) is 9.30. The molecule has 1 rings (SSSR count). The summed E-state index contributed by atoms with van der Waals surface area (Å²) in [6.07, 6.45) is 1.39. The molecule has 1 aromatic rings. The predicted molar refractivity (Wildman–Crippen MR) is 84.2 cm³/mol. The van der Waals surface area contributed by atoms with E-state index in [9.17, 15) is 8.42 Å². The highest BCUT2D eigenvalue weighted by Crippen LogP contribution is 2.25. The van der Waals surface area contributed by atoms with Crippen molar-refractivity contribution in [2.24, 2.45) is 5.92 Å². The molecule has 114 valence electrons. The molecule has 0 aliphatic heterocycles. The van der Waals surface area contributed by atoms with E-state index in [4.69, 9.17) is 15.4 Å². The Morgan fingerprint density at radius 2 is 1.70 bits per heavy atom. The number of hydrogen-bond donors (Lipinski definition) is 0. The number of benzene rings is 1. The second-order valence-corrected chi connectivity index (χ2v) is 8.40. The zero-order valence-electron chi connectivity index (χ0n) is 12.6. The Bertz CT molecular complexity index is 529. The van der Waals surface area contributed by atoms with Crippen molar-refractivity contribution in [3.8, 4) is 5.75 Å². The first-order chi connectivity index (χ1) is 9.19. The van der Waals surface area contributed by atoms with Gasteiger partial charge in [0.1, 0.15) is 5.75 Å². The lowest BCUT2D eigenvalue weighted by atomic mass is 10.1. The van der Waals surface area contributed by atoms with Crippen LogP contribution in [0.5, 0.6) is 5.75 Å². The molecule has 0 N–H and O–H groups in total.